The average molecular weight is 357 g/mol. The van der Waals surface area contributed by atoms with Gasteiger partial charge in [0.25, 0.3) is 0 Å². The van der Waals surface area contributed by atoms with Crippen LogP contribution in [0.4, 0.5) is 4.79 Å². The van der Waals surface area contributed by atoms with Gasteiger partial charge in [-0.25, -0.2) is 9.48 Å². The molecule has 1 saturated heterocycles. The maximum absolute atomic E-state index is 12.1. The molecule has 3 rings (SSSR count). The highest BCUT2D eigenvalue weighted by Gasteiger charge is 2.28. The van der Waals surface area contributed by atoms with Crippen LogP contribution in [0.1, 0.15) is 19.4 Å². The zero-order valence-electron chi connectivity index (χ0n) is 15.4. The van der Waals surface area contributed by atoms with Crippen LogP contribution in [0.3, 0.4) is 0 Å². The van der Waals surface area contributed by atoms with E-state index < -0.39 is 0 Å². The van der Waals surface area contributed by atoms with E-state index in [-0.39, 0.29) is 11.6 Å². The summed E-state index contributed by atoms with van der Waals surface area (Å²) in [6.07, 6.45) is 3.69. The molecule has 0 saturated carbocycles. The van der Waals surface area contributed by atoms with Crippen molar-refractivity contribution in [3.63, 3.8) is 0 Å². The largest absolute Gasteiger partial charge is 0.379 e. The number of para-hydroxylation sites is 1. The molecular weight excluding hydrogens is 330 g/mol. The van der Waals surface area contributed by atoms with Crippen LogP contribution in [0, 0.1) is 0 Å². The Bertz CT molecular complexity index is 708. The lowest BCUT2D eigenvalue weighted by Crippen LogP contribution is -2.56. The van der Waals surface area contributed by atoms with Gasteiger partial charge in [-0.1, -0.05) is 18.2 Å². The Kier molecular flexibility index (Phi) is 5.90. The highest BCUT2D eigenvalue weighted by molar-refractivity contribution is 5.73. The van der Waals surface area contributed by atoms with Gasteiger partial charge in [-0.05, 0) is 26.0 Å². The fraction of sp³-hybridized carbons (Fsp3) is 0.474. The van der Waals surface area contributed by atoms with Crippen molar-refractivity contribution in [1.29, 1.82) is 0 Å². The Labute approximate surface area is 154 Å². The summed E-state index contributed by atoms with van der Waals surface area (Å²) in [5.74, 6) is 0. The molecule has 1 fully saturated rings. The van der Waals surface area contributed by atoms with Crippen molar-refractivity contribution in [1.82, 2.24) is 25.3 Å². The standard InChI is InChI=1S/C19H27N5O2/c1-19(2,23-8-10-26-11-9-23)15-21-18(25)20-12-16-13-22-24(14-16)17-6-4-3-5-7-17/h3-7,13-14H,8-12,15H2,1-2H3,(H2,20,21,25). The number of hydrogen-bond donors (Lipinski definition) is 2. The van der Waals surface area contributed by atoms with Gasteiger partial charge < -0.3 is 15.4 Å². The molecule has 0 bridgehead atoms. The molecule has 2 N–H and O–H groups in total. The Morgan fingerprint density at radius 1 is 1.19 bits per heavy atom. The summed E-state index contributed by atoms with van der Waals surface area (Å²) >= 11 is 0. The molecule has 2 heterocycles. The molecule has 1 aromatic carbocycles. The van der Waals surface area contributed by atoms with E-state index in [1.807, 2.05) is 36.5 Å². The molecule has 1 aliphatic heterocycles. The maximum Gasteiger partial charge on any atom is 0.315 e. The summed E-state index contributed by atoms with van der Waals surface area (Å²) in [4.78, 5) is 14.5. The average Bonchev–Trinajstić information content (AvgIpc) is 3.15. The van der Waals surface area contributed by atoms with Crippen molar-refractivity contribution < 1.29 is 9.53 Å². The number of aromatic nitrogens is 2. The number of amides is 2. The molecule has 1 aliphatic rings. The summed E-state index contributed by atoms with van der Waals surface area (Å²) in [7, 11) is 0. The Morgan fingerprint density at radius 3 is 2.65 bits per heavy atom. The number of urea groups is 1. The molecule has 0 aliphatic carbocycles. The van der Waals surface area contributed by atoms with E-state index in [0.717, 1.165) is 37.6 Å². The molecule has 0 unspecified atom stereocenters. The second kappa shape index (κ2) is 8.33. The van der Waals surface area contributed by atoms with E-state index >= 15 is 0 Å². The normalized spacial score (nSPS) is 15.6. The fourth-order valence-electron chi connectivity index (χ4n) is 3.00. The summed E-state index contributed by atoms with van der Waals surface area (Å²) in [6, 6.07) is 9.73. The summed E-state index contributed by atoms with van der Waals surface area (Å²) in [5.41, 5.74) is 1.85. The quantitative estimate of drug-likeness (QED) is 0.827. The molecule has 0 spiro atoms. The molecule has 140 valence electrons. The first-order valence-electron chi connectivity index (χ1n) is 8.98. The van der Waals surface area contributed by atoms with E-state index in [9.17, 15) is 4.79 Å². The zero-order valence-corrected chi connectivity index (χ0v) is 15.4. The minimum absolute atomic E-state index is 0.0979. The van der Waals surface area contributed by atoms with Crippen LogP contribution < -0.4 is 10.6 Å². The van der Waals surface area contributed by atoms with Crippen LogP contribution in [-0.2, 0) is 11.3 Å². The van der Waals surface area contributed by atoms with Gasteiger partial charge in [-0.15, -0.1) is 0 Å². The van der Waals surface area contributed by atoms with Gasteiger partial charge in [0.15, 0.2) is 0 Å². The van der Waals surface area contributed by atoms with Crippen LogP contribution in [0.25, 0.3) is 5.69 Å². The molecule has 7 heteroatoms. The van der Waals surface area contributed by atoms with Crippen LogP contribution in [-0.4, -0.2) is 59.1 Å². The molecule has 7 nitrogen and oxygen atoms in total. The smallest absolute Gasteiger partial charge is 0.315 e. The summed E-state index contributed by atoms with van der Waals surface area (Å²) in [5, 5.41) is 10.2. The van der Waals surface area contributed by atoms with Crippen molar-refractivity contribution in [2.24, 2.45) is 0 Å². The highest BCUT2D eigenvalue weighted by Crippen LogP contribution is 2.15. The number of carbonyl (C=O) groups is 1. The van der Waals surface area contributed by atoms with E-state index in [1.54, 1.807) is 10.9 Å². The van der Waals surface area contributed by atoms with E-state index in [2.05, 4.69) is 34.5 Å². The van der Waals surface area contributed by atoms with Gasteiger partial charge in [0.05, 0.1) is 25.1 Å². The minimum atomic E-state index is -0.168. The van der Waals surface area contributed by atoms with Gasteiger partial charge in [0, 0.05) is 43.5 Å². The molecular formula is C19H27N5O2. The number of hydrogen-bond acceptors (Lipinski definition) is 4. The SMILES string of the molecule is CC(C)(CNC(=O)NCc1cnn(-c2ccccc2)c1)N1CCOCC1. The van der Waals surface area contributed by atoms with Crippen molar-refractivity contribution in [2.75, 3.05) is 32.8 Å². The molecule has 0 atom stereocenters. The molecule has 2 amide bonds. The van der Waals surface area contributed by atoms with Gasteiger partial charge in [-0.2, -0.15) is 5.10 Å². The van der Waals surface area contributed by atoms with Gasteiger partial charge in [-0.3, -0.25) is 4.90 Å². The van der Waals surface area contributed by atoms with Crippen LogP contribution in [0.15, 0.2) is 42.7 Å². The van der Waals surface area contributed by atoms with Gasteiger partial charge in [0.2, 0.25) is 0 Å². The third kappa shape index (κ3) is 4.83. The lowest BCUT2D eigenvalue weighted by Gasteiger charge is -2.40. The molecule has 1 aromatic heterocycles. The van der Waals surface area contributed by atoms with Crippen molar-refractivity contribution in [3.05, 3.63) is 48.3 Å². The summed E-state index contributed by atoms with van der Waals surface area (Å²) in [6.45, 7) is 8.61. The van der Waals surface area contributed by atoms with Crippen LogP contribution >= 0.6 is 0 Å². The molecule has 26 heavy (non-hydrogen) atoms. The fourth-order valence-corrected chi connectivity index (χ4v) is 3.00. The topological polar surface area (TPSA) is 71.4 Å². The first kappa shape index (κ1) is 18.4. The van der Waals surface area contributed by atoms with Crippen LogP contribution in [0.5, 0.6) is 0 Å². The predicted octanol–water partition coefficient (Wildman–Crippen LogP) is 1.78. The first-order valence-corrected chi connectivity index (χ1v) is 8.98. The van der Waals surface area contributed by atoms with E-state index in [0.29, 0.717) is 13.1 Å². The number of rotatable bonds is 6. The monoisotopic (exact) mass is 357 g/mol. The maximum atomic E-state index is 12.1. The van der Waals surface area contributed by atoms with Gasteiger partial charge >= 0.3 is 6.03 Å². The Hall–Kier alpha value is -2.38. The van der Waals surface area contributed by atoms with E-state index in [1.165, 1.54) is 0 Å². The van der Waals surface area contributed by atoms with Crippen molar-refractivity contribution in [2.45, 2.75) is 25.9 Å². The Balaban J connectivity index is 1.45. The number of nitrogens with zero attached hydrogens (tertiary/aromatic N) is 3. The summed E-state index contributed by atoms with van der Waals surface area (Å²) < 4.78 is 7.19. The number of carbonyl (C=O) groups excluding carboxylic acids is 1. The highest BCUT2D eigenvalue weighted by atomic mass is 16.5. The second-order valence-corrected chi connectivity index (χ2v) is 7.08. The third-order valence-corrected chi connectivity index (χ3v) is 4.66. The second-order valence-electron chi connectivity index (χ2n) is 7.08. The molecule has 0 radical (unpaired) electrons. The van der Waals surface area contributed by atoms with Crippen molar-refractivity contribution >= 4 is 6.03 Å². The third-order valence-electron chi connectivity index (χ3n) is 4.66. The van der Waals surface area contributed by atoms with Crippen molar-refractivity contribution in [3.8, 4) is 5.69 Å². The lowest BCUT2D eigenvalue weighted by molar-refractivity contribution is -0.00874. The number of ether oxygens (including phenoxy) is 1. The number of morpholine rings is 1. The first-order chi connectivity index (χ1) is 12.5. The number of nitrogens with one attached hydrogen (secondary N) is 2. The van der Waals surface area contributed by atoms with Gasteiger partial charge in [0.1, 0.15) is 0 Å². The van der Waals surface area contributed by atoms with E-state index in [4.69, 9.17) is 4.74 Å². The number of benzene rings is 1. The molecule has 2 aromatic rings. The Morgan fingerprint density at radius 2 is 1.92 bits per heavy atom. The van der Waals surface area contributed by atoms with Crippen LogP contribution in [0.2, 0.25) is 0 Å². The zero-order chi connectivity index (χ0) is 18.4. The minimum Gasteiger partial charge on any atom is -0.379 e. The predicted molar refractivity (Wildman–Crippen MR) is 100 cm³/mol. The lowest BCUT2D eigenvalue weighted by atomic mass is 10.0.